The summed E-state index contributed by atoms with van der Waals surface area (Å²) in [6.45, 7) is 7.26. The quantitative estimate of drug-likeness (QED) is 0.155. The van der Waals surface area contributed by atoms with Gasteiger partial charge in [-0.25, -0.2) is 0 Å². The van der Waals surface area contributed by atoms with Crippen molar-refractivity contribution < 1.29 is 14.3 Å². The van der Waals surface area contributed by atoms with Crippen LogP contribution in [0.1, 0.15) is 91.4 Å². The van der Waals surface area contributed by atoms with Crippen molar-refractivity contribution in [1.29, 1.82) is 0 Å². The Kier molecular flexibility index (Phi) is 9.84. The molecule has 3 heteroatoms. The average Bonchev–Trinajstić information content (AvgIpc) is 3.47. The van der Waals surface area contributed by atoms with Crippen molar-refractivity contribution >= 4 is 5.97 Å². The van der Waals surface area contributed by atoms with Crippen LogP contribution in [0.5, 0.6) is 11.5 Å². The summed E-state index contributed by atoms with van der Waals surface area (Å²) < 4.78 is 11.4. The first kappa shape index (κ1) is 25.3. The molecule has 1 atom stereocenters. The lowest BCUT2D eigenvalue weighted by Gasteiger charge is -2.09. The summed E-state index contributed by atoms with van der Waals surface area (Å²) in [4.78, 5) is 12.2. The number of hydrogen-bond donors (Lipinski definition) is 0. The van der Waals surface area contributed by atoms with Crippen molar-refractivity contribution in [2.24, 2.45) is 11.3 Å². The zero-order valence-electron chi connectivity index (χ0n) is 20.9. The zero-order chi connectivity index (χ0) is 23.5. The molecule has 0 aliphatic heterocycles. The number of esters is 1. The maximum atomic E-state index is 12.2. The van der Waals surface area contributed by atoms with Crippen LogP contribution in [0.15, 0.2) is 48.5 Å². The Balaban J connectivity index is 1.31. The second kappa shape index (κ2) is 12.8. The fourth-order valence-corrected chi connectivity index (χ4v) is 4.30. The van der Waals surface area contributed by atoms with Crippen LogP contribution in [0.4, 0.5) is 0 Å². The number of benzene rings is 2. The van der Waals surface area contributed by atoms with Crippen LogP contribution in [-0.4, -0.2) is 12.6 Å². The molecule has 0 spiro atoms. The molecular formula is C30H42O3. The summed E-state index contributed by atoms with van der Waals surface area (Å²) in [6.07, 6.45) is 14.3. The third-order valence-corrected chi connectivity index (χ3v) is 6.82. The highest BCUT2D eigenvalue weighted by atomic mass is 16.5. The van der Waals surface area contributed by atoms with Crippen LogP contribution in [0, 0.1) is 11.3 Å². The largest absolute Gasteiger partial charge is 0.494 e. The van der Waals surface area contributed by atoms with Crippen molar-refractivity contribution in [2.75, 3.05) is 6.61 Å². The molecule has 3 rings (SSSR count). The van der Waals surface area contributed by atoms with E-state index < -0.39 is 0 Å². The van der Waals surface area contributed by atoms with Gasteiger partial charge in [0.25, 0.3) is 0 Å². The maximum absolute atomic E-state index is 12.2. The number of carbonyl (C=O) groups is 1. The van der Waals surface area contributed by atoms with Crippen molar-refractivity contribution in [3.05, 3.63) is 48.5 Å². The van der Waals surface area contributed by atoms with Crippen molar-refractivity contribution in [2.45, 2.75) is 91.4 Å². The molecule has 0 amide bonds. The van der Waals surface area contributed by atoms with E-state index in [4.69, 9.17) is 9.47 Å². The molecule has 33 heavy (non-hydrogen) atoms. The van der Waals surface area contributed by atoms with Crippen LogP contribution in [0.25, 0.3) is 11.1 Å². The predicted molar refractivity (Wildman–Crippen MR) is 137 cm³/mol. The minimum atomic E-state index is -0.114. The lowest BCUT2D eigenvalue weighted by atomic mass is 10.1. The van der Waals surface area contributed by atoms with Gasteiger partial charge in [0.15, 0.2) is 0 Å². The van der Waals surface area contributed by atoms with Gasteiger partial charge >= 0.3 is 5.97 Å². The van der Waals surface area contributed by atoms with E-state index in [1.165, 1.54) is 57.8 Å². The topological polar surface area (TPSA) is 35.5 Å². The Morgan fingerprint density at radius 2 is 1.21 bits per heavy atom. The Hall–Kier alpha value is -2.29. The second-order valence-corrected chi connectivity index (χ2v) is 10.2. The second-order valence-electron chi connectivity index (χ2n) is 10.2. The number of ether oxygens (including phenoxy) is 2. The Morgan fingerprint density at radius 3 is 1.70 bits per heavy atom. The van der Waals surface area contributed by atoms with Gasteiger partial charge in [0.05, 0.1) is 12.5 Å². The third kappa shape index (κ3) is 8.53. The fraction of sp³-hybridized carbons (Fsp3) is 0.567. The van der Waals surface area contributed by atoms with Crippen molar-refractivity contribution in [3.63, 3.8) is 0 Å². The fourth-order valence-electron chi connectivity index (χ4n) is 4.30. The highest BCUT2D eigenvalue weighted by Gasteiger charge is 2.51. The third-order valence-electron chi connectivity index (χ3n) is 6.82. The van der Waals surface area contributed by atoms with Gasteiger partial charge in [-0.15, -0.1) is 0 Å². The van der Waals surface area contributed by atoms with E-state index >= 15 is 0 Å². The van der Waals surface area contributed by atoms with Crippen LogP contribution >= 0.6 is 0 Å². The van der Waals surface area contributed by atoms with E-state index in [1.807, 2.05) is 36.4 Å². The summed E-state index contributed by atoms with van der Waals surface area (Å²) in [5.74, 6) is 1.46. The maximum Gasteiger partial charge on any atom is 0.314 e. The van der Waals surface area contributed by atoms with Gasteiger partial charge < -0.3 is 9.47 Å². The lowest BCUT2D eigenvalue weighted by Crippen LogP contribution is -2.13. The molecule has 1 aliphatic rings. The summed E-state index contributed by atoms with van der Waals surface area (Å²) in [5, 5.41) is 0. The van der Waals surface area contributed by atoms with Crippen LogP contribution in [0.3, 0.4) is 0 Å². The molecule has 1 fully saturated rings. The average molecular weight is 451 g/mol. The summed E-state index contributed by atoms with van der Waals surface area (Å²) in [6, 6.07) is 16.0. The highest BCUT2D eigenvalue weighted by Crippen LogP contribution is 2.52. The van der Waals surface area contributed by atoms with Gasteiger partial charge in [0, 0.05) is 0 Å². The molecule has 0 radical (unpaired) electrons. The molecule has 0 aromatic heterocycles. The van der Waals surface area contributed by atoms with Gasteiger partial charge in [-0.05, 0) is 53.6 Å². The van der Waals surface area contributed by atoms with Gasteiger partial charge in [-0.3, -0.25) is 4.79 Å². The summed E-state index contributed by atoms with van der Waals surface area (Å²) in [7, 11) is 0. The first-order chi connectivity index (χ1) is 16.0. The van der Waals surface area contributed by atoms with Crippen LogP contribution in [-0.2, 0) is 4.79 Å². The number of carbonyl (C=O) groups excluding carboxylic acids is 1. The first-order valence-corrected chi connectivity index (χ1v) is 13.0. The van der Waals surface area contributed by atoms with Gasteiger partial charge in [-0.1, -0.05) is 103 Å². The minimum absolute atomic E-state index is 0.0324. The van der Waals surface area contributed by atoms with E-state index in [0.29, 0.717) is 5.75 Å². The van der Waals surface area contributed by atoms with Crippen LogP contribution < -0.4 is 9.47 Å². The Morgan fingerprint density at radius 1 is 0.758 bits per heavy atom. The molecule has 1 aliphatic carbocycles. The van der Waals surface area contributed by atoms with Gasteiger partial charge in [0.2, 0.25) is 0 Å². The van der Waals surface area contributed by atoms with Crippen molar-refractivity contribution in [3.8, 4) is 22.6 Å². The molecule has 0 saturated heterocycles. The molecular weight excluding hydrogens is 408 g/mol. The molecule has 0 heterocycles. The standard InChI is InChI=1S/C30H42O3/c1-4-5-6-7-8-9-10-11-12-13-22-32-26-18-14-24(15-19-26)25-16-20-27(21-17-25)33-29(31)28-23-30(28,2)3/h14-21,28H,4-13,22-23H2,1-3H3/t28-/m1/s1. The van der Waals surface area contributed by atoms with E-state index in [-0.39, 0.29) is 17.3 Å². The van der Waals surface area contributed by atoms with E-state index in [0.717, 1.165) is 36.3 Å². The van der Waals surface area contributed by atoms with E-state index in [1.54, 1.807) is 0 Å². The Bertz CT molecular complexity index is 836. The molecule has 180 valence electrons. The number of hydrogen-bond acceptors (Lipinski definition) is 3. The number of rotatable bonds is 15. The molecule has 0 N–H and O–H groups in total. The summed E-state index contributed by atoms with van der Waals surface area (Å²) >= 11 is 0. The Labute approximate surface area is 200 Å². The monoisotopic (exact) mass is 450 g/mol. The predicted octanol–water partition coefficient (Wildman–Crippen LogP) is 8.60. The molecule has 3 nitrogen and oxygen atoms in total. The normalized spacial score (nSPS) is 16.4. The van der Waals surface area contributed by atoms with Gasteiger partial charge in [-0.2, -0.15) is 0 Å². The minimum Gasteiger partial charge on any atom is -0.494 e. The lowest BCUT2D eigenvalue weighted by molar-refractivity contribution is -0.136. The highest BCUT2D eigenvalue weighted by molar-refractivity contribution is 5.79. The summed E-state index contributed by atoms with van der Waals surface area (Å²) in [5.41, 5.74) is 2.32. The molecule has 1 saturated carbocycles. The van der Waals surface area contributed by atoms with Gasteiger partial charge in [0.1, 0.15) is 11.5 Å². The first-order valence-electron chi connectivity index (χ1n) is 13.0. The van der Waals surface area contributed by atoms with Crippen LogP contribution in [0.2, 0.25) is 0 Å². The van der Waals surface area contributed by atoms with E-state index in [9.17, 15) is 4.79 Å². The molecule has 0 unspecified atom stereocenters. The molecule has 2 aromatic rings. The van der Waals surface area contributed by atoms with Crippen molar-refractivity contribution in [1.82, 2.24) is 0 Å². The SMILES string of the molecule is CCCCCCCCCCCCOc1ccc(-c2ccc(OC(=O)[C@H]3CC3(C)C)cc2)cc1. The molecule has 0 bridgehead atoms. The zero-order valence-corrected chi connectivity index (χ0v) is 20.9. The van der Waals surface area contributed by atoms with E-state index in [2.05, 4.69) is 32.9 Å². The molecule has 2 aromatic carbocycles. The smallest absolute Gasteiger partial charge is 0.314 e. The number of unbranched alkanes of at least 4 members (excludes halogenated alkanes) is 9.